The van der Waals surface area contributed by atoms with E-state index in [2.05, 4.69) is 121 Å². The molecule has 0 aliphatic heterocycles. The molecule has 0 saturated carbocycles. The molecule has 0 radical (unpaired) electrons. The summed E-state index contributed by atoms with van der Waals surface area (Å²) >= 11 is 7.28. The van der Waals surface area contributed by atoms with E-state index >= 15 is 0 Å². The summed E-state index contributed by atoms with van der Waals surface area (Å²) in [5.74, 6) is 0.244. The van der Waals surface area contributed by atoms with Crippen molar-refractivity contribution in [3.05, 3.63) is 105 Å². The van der Waals surface area contributed by atoms with Gasteiger partial charge < -0.3 is 9.97 Å². The van der Waals surface area contributed by atoms with Gasteiger partial charge in [0.1, 0.15) is 0 Å². The Morgan fingerprint density at radius 3 is 1.75 bits per heavy atom. The van der Waals surface area contributed by atoms with E-state index in [1.165, 1.54) is 27.5 Å². The van der Waals surface area contributed by atoms with E-state index < -0.39 is 0 Å². The monoisotopic (exact) mass is 492 g/mol. The Hall–Kier alpha value is -2.30. The molecule has 2 heterocycles. The number of aromatic amines is 2. The van der Waals surface area contributed by atoms with Gasteiger partial charge in [-0.3, -0.25) is 0 Å². The predicted molar refractivity (Wildman–Crippen MR) is 124 cm³/mol. The van der Waals surface area contributed by atoms with Crippen LogP contribution in [0.25, 0.3) is 21.8 Å². The molecule has 2 aromatic heterocycles. The van der Waals surface area contributed by atoms with Gasteiger partial charge in [0.05, 0.1) is 0 Å². The van der Waals surface area contributed by atoms with E-state index in [1.807, 2.05) is 0 Å². The molecule has 0 aliphatic rings. The zero-order chi connectivity index (χ0) is 19.1. The minimum atomic E-state index is 0.244. The number of rotatable bonds is 4. The van der Waals surface area contributed by atoms with Gasteiger partial charge in [0, 0.05) is 49.1 Å². The third-order valence-corrected chi connectivity index (χ3v) is 6.37. The quantitative estimate of drug-likeness (QED) is 0.259. The van der Waals surface area contributed by atoms with Crippen molar-refractivity contribution in [1.82, 2.24) is 9.97 Å². The van der Waals surface area contributed by atoms with Crippen molar-refractivity contribution in [1.29, 1.82) is 0 Å². The van der Waals surface area contributed by atoms with Gasteiger partial charge in [0.15, 0.2) is 0 Å². The molecule has 0 atom stereocenters. The number of halogens is 2. The normalized spacial score (nSPS) is 11.7. The number of hydrogen-bond donors (Lipinski definition) is 2. The molecule has 0 fully saturated rings. The Morgan fingerprint density at radius 2 is 1.21 bits per heavy atom. The predicted octanol–water partition coefficient (Wildman–Crippen LogP) is 7.55. The van der Waals surface area contributed by atoms with Crippen LogP contribution in [-0.2, 0) is 6.42 Å². The third kappa shape index (κ3) is 3.21. The van der Waals surface area contributed by atoms with Crippen molar-refractivity contribution in [3.8, 4) is 0 Å². The topological polar surface area (TPSA) is 31.6 Å². The number of benzene rings is 3. The first-order chi connectivity index (χ1) is 13.7. The molecule has 5 rings (SSSR count). The highest BCUT2D eigenvalue weighted by Crippen LogP contribution is 2.38. The van der Waals surface area contributed by atoms with Crippen LogP contribution < -0.4 is 0 Å². The van der Waals surface area contributed by atoms with Crippen molar-refractivity contribution in [2.45, 2.75) is 12.3 Å². The van der Waals surface area contributed by atoms with Crippen LogP contribution in [0, 0.1) is 0 Å². The second-order valence-corrected chi connectivity index (χ2v) is 8.94. The van der Waals surface area contributed by atoms with Crippen LogP contribution in [0.15, 0.2) is 88.1 Å². The van der Waals surface area contributed by atoms with Crippen LogP contribution in [0.1, 0.15) is 22.6 Å². The average Bonchev–Trinajstić information content (AvgIpc) is 3.30. The first-order valence-corrected chi connectivity index (χ1v) is 10.8. The van der Waals surface area contributed by atoms with Crippen LogP contribution >= 0.6 is 31.9 Å². The van der Waals surface area contributed by atoms with Gasteiger partial charge in [-0.2, -0.15) is 0 Å². The number of aromatic nitrogens is 2. The Morgan fingerprint density at radius 1 is 0.679 bits per heavy atom. The SMILES string of the molecule is Brc1ccc2[nH]cc(C(Cc3ccccc3)c3c[nH]c4ccc(Br)cc34)c2c1. The molecule has 28 heavy (non-hydrogen) atoms. The maximum absolute atomic E-state index is 3.64. The fourth-order valence-electron chi connectivity index (χ4n) is 4.04. The Balaban J connectivity index is 1.72. The molecule has 5 aromatic rings. The van der Waals surface area contributed by atoms with Crippen LogP contribution in [0.2, 0.25) is 0 Å². The molecule has 0 bridgehead atoms. The van der Waals surface area contributed by atoms with Crippen molar-refractivity contribution in [2.24, 2.45) is 0 Å². The summed E-state index contributed by atoms with van der Waals surface area (Å²) in [6, 6.07) is 23.6. The number of hydrogen-bond acceptors (Lipinski definition) is 0. The molecule has 0 aliphatic carbocycles. The fraction of sp³-hybridized carbons (Fsp3) is 0.0833. The summed E-state index contributed by atoms with van der Waals surface area (Å²) < 4.78 is 2.20. The second-order valence-electron chi connectivity index (χ2n) is 7.11. The highest BCUT2D eigenvalue weighted by atomic mass is 79.9. The Bertz CT molecular complexity index is 1190. The zero-order valence-electron chi connectivity index (χ0n) is 15.0. The van der Waals surface area contributed by atoms with Gasteiger partial charge in [0.2, 0.25) is 0 Å². The highest BCUT2D eigenvalue weighted by molar-refractivity contribution is 9.10. The average molecular weight is 494 g/mol. The fourth-order valence-corrected chi connectivity index (χ4v) is 4.76. The van der Waals surface area contributed by atoms with E-state index in [9.17, 15) is 0 Å². The maximum Gasteiger partial charge on any atom is 0.0457 e. The lowest BCUT2D eigenvalue weighted by atomic mass is 9.85. The van der Waals surface area contributed by atoms with Gasteiger partial charge in [-0.05, 0) is 59.5 Å². The van der Waals surface area contributed by atoms with Gasteiger partial charge in [-0.25, -0.2) is 0 Å². The smallest absolute Gasteiger partial charge is 0.0457 e. The van der Waals surface area contributed by atoms with Crippen LogP contribution in [0.3, 0.4) is 0 Å². The highest BCUT2D eigenvalue weighted by Gasteiger charge is 2.22. The molecule has 0 spiro atoms. The van der Waals surface area contributed by atoms with Crippen molar-refractivity contribution in [3.63, 3.8) is 0 Å². The molecule has 0 saturated heterocycles. The molecule has 2 N–H and O–H groups in total. The van der Waals surface area contributed by atoms with Crippen molar-refractivity contribution in [2.75, 3.05) is 0 Å². The summed E-state index contributed by atoms with van der Waals surface area (Å²) in [5.41, 5.74) is 6.30. The largest absolute Gasteiger partial charge is 0.361 e. The molecule has 3 aromatic carbocycles. The standard InChI is InChI=1S/C24H18Br2N2/c25-16-6-8-23-19(11-16)21(13-27-23)18(10-15-4-2-1-3-5-15)22-14-28-24-9-7-17(26)12-20(22)24/h1-9,11-14,18,27-28H,10H2. The second kappa shape index (κ2) is 7.26. The van der Waals surface area contributed by atoms with E-state index in [1.54, 1.807) is 0 Å². The van der Waals surface area contributed by atoms with Gasteiger partial charge >= 0.3 is 0 Å². The summed E-state index contributed by atoms with van der Waals surface area (Å²) in [4.78, 5) is 6.93. The summed E-state index contributed by atoms with van der Waals surface area (Å²) in [5, 5.41) is 2.53. The minimum absolute atomic E-state index is 0.244. The molecule has 138 valence electrons. The number of H-pyrrole nitrogens is 2. The summed E-state index contributed by atoms with van der Waals surface area (Å²) in [6.07, 6.45) is 5.28. The Kier molecular flexibility index (Phi) is 4.61. The molecular formula is C24H18Br2N2. The lowest BCUT2D eigenvalue weighted by Gasteiger charge is -2.17. The molecule has 2 nitrogen and oxygen atoms in total. The molecule has 4 heteroatoms. The minimum Gasteiger partial charge on any atom is -0.361 e. The first-order valence-electron chi connectivity index (χ1n) is 9.26. The third-order valence-electron chi connectivity index (χ3n) is 5.39. The molecular weight excluding hydrogens is 476 g/mol. The van der Waals surface area contributed by atoms with Crippen LogP contribution in [-0.4, -0.2) is 9.97 Å². The lowest BCUT2D eigenvalue weighted by Crippen LogP contribution is -2.04. The van der Waals surface area contributed by atoms with Gasteiger partial charge in [-0.1, -0.05) is 62.2 Å². The molecule has 0 unspecified atom stereocenters. The maximum atomic E-state index is 3.64. The van der Waals surface area contributed by atoms with E-state index in [-0.39, 0.29) is 5.92 Å². The summed E-state index contributed by atoms with van der Waals surface area (Å²) in [6.45, 7) is 0. The van der Waals surface area contributed by atoms with Crippen molar-refractivity contribution < 1.29 is 0 Å². The molecule has 0 amide bonds. The van der Waals surface area contributed by atoms with Crippen molar-refractivity contribution >= 4 is 53.7 Å². The van der Waals surface area contributed by atoms with E-state index in [0.29, 0.717) is 0 Å². The number of fused-ring (bicyclic) bond motifs is 2. The van der Waals surface area contributed by atoms with Gasteiger partial charge in [-0.15, -0.1) is 0 Å². The number of nitrogens with one attached hydrogen (secondary N) is 2. The Labute approximate surface area is 180 Å². The zero-order valence-corrected chi connectivity index (χ0v) is 18.2. The van der Waals surface area contributed by atoms with E-state index in [4.69, 9.17) is 0 Å². The van der Waals surface area contributed by atoms with E-state index in [0.717, 1.165) is 26.4 Å². The van der Waals surface area contributed by atoms with Gasteiger partial charge in [0.25, 0.3) is 0 Å². The van der Waals surface area contributed by atoms with Crippen LogP contribution in [0.4, 0.5) is 0 Å². The van der Waals surface area contributed by atoms with Crippen LogP contribution in [0.5, 0.6) is 0 Å². The summed E-state index contributed by atoms with van der Waals surface area (Å²) in [7, 11) is 0. The lowest BCUT2D eigenvalue weighted by molar-refractivity contribution is 0.818. The first kappa shape index (κ1) is 17.8.